The number of carbonyl (C=O) groups is 1. The summed E-state index contributed by atoms with van der Waals surface area (Å²) in [5.41, 5.74) is 2.73. The Morgan fingerprint density at radius 2 is 1.61 bits per heavy atom. The van der Waals surface area contributed by atoms with Crippen LogP contribution in [-0.2, 0) is 6.42 Å². The van der Waals surface area contributed by atoms with Gasteiger partial charge in [0.25, 0.3) is 0 Å². The summed E-state index contributed by atoms with van der Waals surface area (Å²) in [4.78, 5) is 24.4. The molecular formula is C24H18Cl2N4O3. The van der Waals surface area contributed by atoms with Crippen LogP contribution in [0, 0.1) is 0 Å². The molecule has 0 radical (unpaired) electrons. The molecule has 166 valence electrons. The number of halogens is 2. The molecule has 0 saturated carbocycles. The van der Waals surface area contributed by atoms with Crippen molar-refractivity contribution in [3.05, 3.63) is 87.9 Å². The highest BCUT2D eigenvalue weighted by Crippen LogP contribution is 2.35. The first-order chi connectivity index (χ1) is 15.9. The van der Waals surface area contributed by atoms with E-state index in [2.05, 4.69) is 27.2 Å². The van der Waals surface area contributed by atoms with Gasteiger partial charge in [-0.05, 0) is 48.4 Å². The zero-order valence-corrected chi connectivity index (χ0v) is 18.9. The van der Waals surface area contributed by atoms with Gasteiger partial charge < -0.3 is 15.2 Å². The Morgan fingerprint density at radius 3 is 2.21 bits per heavy atom. The van der Waals surface area contributed by atoms with E-state index in [1.807, 2.05) is 24.3 Å². The maximum atomic E-state index is 11.1. The van der Waals surface area contributed by atoms with Gasteiger partial charge in [0.15, 0.2) is 11.6 Å². The van der Waals surface area contributed by atoms with Crippen LogP contribution < -0.4 is 10.1 Å². The molecule has 0 fully saturated rings. The number of hydrogen-bond donors (Lipinski definition) is 2. The lowest BCUT2D eigenvalue weighted by molar-refractivity contribution is 0.0697. The highest BCUT2D eigenvalue weighted by molar-refractivity contribution is 6.37. The van der Waals surface area contributed by atoms with Crippen LogP contribution in [0.3, 0.4) is 0 Å². The van der Waals surface area contributed by atoms with E-state index < -0.39 is 5.97 Å². The van der Waals surface area contributed by atoms with E-state index in [0.29, 0.717) is 21.6 Å². The third kappa shape index (κ3) is 5.39. The first-order valence-electron chi connectivity index (χ1n) is 10.0. The van der Waals surface area contributed by atoms with Crippen molar-refractivity contribution in [2.45, 2.75) is 13.3 Å². The number of para-hydroxylation sites is 1. The van der Waals surface area contributed by atoms with Crippen LogP contribution in [0.5, 0.6) is 11.8 Å². The highest BCUT2D eigenvalue weighted by atomic mass is 35.5. The molecule has 1 aromatic heterocycles. The van der Waals surface area contributed by atoms with Gasteiger partial charge in [-0.25, -0.2) is 4.79 Å². The molecule has 0 spiro atoms. The third-order valence-electron chi connectivity index (χ3n) is 4.74. The largest absolute Gasteiger partial charge is 0.478 e. The van der Waals surface area contributed by atoms with Crippen LogP contribution in [-0.4, -0.2) is 26.0 Å². The van der Waals surface area contributed by atoms with Gasteiger partial charge in [-0.15, -0.1) is 0 Å². The first-order valence-corrected chi connectivity index (χ1v) is 10.8. The number of ether oxygens (including phenoxy) is 1. The van der Waals surface area contributed by atoms with Crippen LogP contribution in [0.25, 0.3) is 11.4 Å². The van der Waals surface area contributed by atoms with Crippen molar-refractivity contribution in [3.63, 3.8) is 0 Å². The average molecular weight is 481 g/mol. The van der Waals surface area contributed by atoms with Crippen LogP contribution >= 0.6 is 23.2 Å². The Hall–Kier alpha value is -3.68. The van der Waals surface area contributed by atoms with Gasteiger partial charge >= 0.3 is 12.0 Å². The van der Waals surface area contributed by atoms with Gasteiger partial charge in [-0.2, -0.15) is 15.0 Å². The molecule has 33 heavy (non-hydrogen) atoms. The molecule has 0 aliphatic rings. The first kappa shape index (κ1) is 22.5. The number of nitrogens with zero attached hydrogens (tertiary/aromatic N) is 3. The molecule has 0 bridgehead atoms. The van der Waals surface area contributed by atoms with E-state index in [1.54, 1.807) is 30.3 Å². The molecule has 2 N–H and O–H groups in total. The van der Waals surface area contributed by atoms with Gasteiger partial charge in [0.1, 0.15) is 0 Å². The fourth-order valence-corrected chi connectivity index (χ4v) is 3.45. The van der Waals surface area contributed by atoms with Crippen molar-refractivity contribution in [2.24, 2.45) is 0 Å². The smallest absolute Gasteiger partial charge is 0.335 e. The van der Waals surface area contributed by atoms with E-state index in [4.69, 9.17) is 33.0 Å². The van der Waals surface area contributed by atoms with E-state index in [1.165, 1.54) is 17.7 Å². The minimum Gasteiger partial charge on any atom is -0.478 e. The average Bonchev–Trinajstić information content (AvgIpc) is 2.82. The zero-order valence-electron chi connectivity index (χ0n) is 17.4. The number of hydrogen-bond acceptors (Lipinski definition) is 6. The number of rotatable bonds is 7. The zero-order chi connectivity index (χ0) is 23.4. The highest BCUT2D eigenvalue weighted by Gasteiger charge is 2.15. The number of carboxylic acid groups (broad SMARTS) is 1. The molecule has 4 rings (SSSR count). The number of aryl methyl sites for hydroxylation is 1. The summed E-state index contributed by atoms with van der Waals surface area (Å²) in [5, 5.41) is 12.8. The minimum absolute atomic E-state index is 0.000718. The molecule has 3 aromatic carbocycles. The maximum absolute atomic E-state index is 11.1. The molecule has 4 aromatic rings. The second kappa shape index (κ2) is 9.85. The van der Waals surface area contributed by atoms with Crippen LogP contribution in [0.15, 0.2) is 66.7 Å². The molecule has 0 amide bonds. The Balaban J connectivity index is 1.72. The number of anilines is 2. The molecule has 0 aliphatic carbocycles. The predicted octanol–water partition coefficient (Wildman–Crippen LogP) is 6.64. The van der Waals surface area contributed by atoms with Crippen molar-refractivity contribution < 1.29 is 14.6 Å². The summed E-state index contributed by atoms with van der Waals surface area (Å²) >= 11 is 12.5. The third-order valence-corrected chi connectivity index (χ3v) is 5.33. The van der Waals surface area contributed by atoms with E-state index in [0.717, 1.165) is 12.0 Å². The summed E-state index contributed by atoms with van der Waals surface area (Å²) in [6.45, 7) is 2.08. The summed E-state index contributed by atoms with van der Waals surface area (Å²) in [6, 6.07) is 19.1. The number of carboxylic acids is 1. The minimum atomic E-state index is -1.01. The predicted molar refractivity (Wildman–Crippen MR) is 128 cm³/mol. The van der Waals surface area contributed by atoms with Gasteiger partial charge in [-0.3, -0.25) is 0 Å². The second-order valence-electron chi connectivity index (χ2n) is 6.98. The van der Waals surface area contributed by atoms with E-state index in [-0.39, 0.29) is 23.3 Å². The van der Waals surface area contributed by atoms with E-state index in [9.17, 15) is 4.79 Å². The number of benzene rings is 3. The molecule has 0 aliphatic heterocycles. The van der Waals surface area contributed by atoms with Crippen LogP contribution in [0.4, 0.5) is 11.6 Å². The standard InChI is InChI=1S/C24H18Cl2N4O3/c1-2-14-6-8-15(9-7-14)21-28-23(27-17-12-10-16(11-13-17)22(31)32)30-24(29-21)33-20-18(25)4-3-5-19(20)26/h3-13H,2H2,1H3,(H,31,32)(H,27,28,29,30). The molecule has 0 unspecified atom stereocenters. The Kier molecular flexibility index (Phi) is 6.72. The lowest BCUT2D eigenvalue weighted by Gasteiger charge is -2.12. The van der Waals surface area contributed by atoms with Crippen molar-refractivity contribution in [1.82, 2.24) is 15.0 Å². The fourth-order valence-electron chi connectivity index (χ4n) is 2.97. The lowest BCUT2D eigenvalue weighted by atomic mass is 10.1. The van der Waals surface area contributed by atoms with Crippen molar-refractivity contribution in [2.75, 3.05) is 5.32 Å². The van der Waals surface area contributed by atoms with Gasteiger partial charge in [-0.1, -0.05) is 60.5 Å². The Labute approximate surface area is 200 Å². The Morgan fingerprint density at radius 1 is 0.939 bits per heavy atom. The summed E-state index contributed by atoms with van der Waals surface area (Å²) in [7, 11) is 0. The molecule has 1 heterocycles. The number of aromatic nitrogens is 3. The molecule has 9 heteroatoms. The molecule has 0 atom stereocenters. The van der Waals surface area contributed by atoms with Crippen LogP contribution in [0.2, 0.25) is 10.0 Å². The van der Waals surface area contributed by atoms with Crippen molar-refractivity contribution in [3.8, 4) is 23.1 Å². The van der Waals surface area contributed by atoms with Gasteiger partial charge in [0.05, 0.1) is 15.6 Å². The quantitative estimate of drug-likeness (QED) is 0.305. The molecular weight excluding hydrogens is 463 g/mol. The number of nitrogens with one attached hydrogen (secondary N) is 1. The van der Waals surface area contributed by atoms with Crippen LogP contribution in [0.1, 0.15) is 22.8 Å². The fraction of sp³-hybridized carbons (Fsp3) is 0.0833. The Bertz CT molecular complexity index is 1280. The normalized spacial score (nSPS) is 10.6. The van der Waals surface area contributed by atoms with E-state index >= 15 is 0 Å². The summed E-state index contributed by atoms with van der Waals surface area (Å²) < 4.78 is 5.83. The number of aromatic carboxylic acids is 1. The van der Waals surface area contributed by atoms with Gasteiger partial charge in [0.2, 0.25) is 5.95 Å². The molecule has 7 nitrogen and oxygen atoms in total. The molecule has 0 saturated heterocycles. The summed E-state index contributed by atoms with van der Waals surface area (Å²) in [5.74, 6) is -0.181. The summed E-state index contributed by atoms with van der Waals surface area (Å²) in [6.07, 6.45) is 0.913. The van der Waals surface area contributed by atoms with Gasteiger partial charge in [0, 0.05) is 11.3 Å². The monoisotopic (exact) mass is 480 g/mol. The van der Waals surface area contributed by atoms with Crippen molar-refractivity contribution >= 4 is 40.8 Å². The lowest BCUT2D eigenvalue weighted by Crippen LogP contribution is -2.04. The maximum Gasteiger partial charge on any atom is 0.335 e. The second-order valence-corrected chi connectivity index (χ2v) is 7.79. The topological polar surface area (TPSA) is 97.2 Å². The van der Waals surface area contributed by atoms with Crippen molar-refractivity contribution in [1.29, 1.82) is 0 Å². The SMILES string of the molecule is CCc1ccc(-c2nc(Nc3ccc(C(=O)O)cc3)nc(Oc3c(Cl)cccc3Cl)n2)cc1.